The monoisotopic (exact) mass is 462 g/mol. The van der Waals surface area contributed by atoms with E-state index in [9.17, 15) is 9.59 Å². The number of carbonyl (C=O) groups excluding carboxylic acids is 1. The number of rotatable bonds is 4. The number of amides is 1. The van der Waals surface area contributed by atoms with Crippen LogP contribution in [0.25, 0.3) is 10.9 Å². The zero-order valence-electron chi connectivity index (χ0n) is 16.9. The summed E-state index contributed by atoms with van der Waals surface area (Å²) in [5.74, 6) is -0.0138. The molecule has 7 nitrogen and oxygen atoms in total. The largest absolute Gasteiger partial charge is 0.373 e. The lowest BCUT2D eigenvalue weighted by Crippen LogP contribution is -2.51. The molecule has 0 aliphatic carbocycles. The normalized spacial score (nSPS) is 25.6. The molecule has 0 saturated carbocycles. The summed E-state index contributed by atoms with van der Waals surface area (Å²) in [7, 11) is 0. The minimum atomic E-state index is -0.184. The molecule has 8 heteroatoms. The Morgan fingerprint density at radius 3 is 2.79 bits per heavy atom. The van der Waals surface area contributed by atoms with Crippen molar-refractivity contribution in [2.24, 2.45) is 0 Å². The second-order valence-electron chi connectivity index (χ2n) is 8.20. The van der Waals surface area contributed by atoms with Crippen molar-refractivity contribution in [3.8, 4) is 0 Å². The summed E-state index contributed by atoms with van der Waals surface area (Å²) in [6.07, 6.45) is 3.91. The number of nitrogens with zero attached hydrogens (tertiary/aromatic N) is 4. The van der Waals surface area contributed by atoms with Crippen LogP contribution in [0.1, 0.15) is 26.7 Å². The third-order valence-electron chi connectivity index (χ3n) is 5.75. The molecule has 3 atom stereocenters. The smallest absolute Gasteiger partial charge is 0.261 e. The van der Waals surface area contributed by atoms with Gasteiger partial charge >= 0.3 is 0 Å². The first-order valence-electron chi connectivity index (χ1n) is 10.2. The molecular formula is C21H27BrN4O3. The second-order valence-corrected chi connectivity index (χ2v) is 9.11. The van der Waals surface area contributed by atoms with Crippen LogP contribution in [0.15, 0.2) is 33.8 Å². The Balaban J connectivity index is 1.47. The molecule has 3 unspecified atom stereocenters. The average Bonchev–Trinajstić information content (AvgIpc) is 3.12. The topological polar surface area (TPSA) is 67.7 Å². The van der Waals surface area contributed by atoms with Gasteiger partial charge < -0.3 is 9.64 Å². The Kier molecular flexibility index (Phi) is 6.03. The molecule has 1 aromatic heterocycles. The summed E-state index contributed by atoms with van der Waals surface area (Å²) >= 11 is 3.39. The number of benzene rings is 1. The van der Waals surface area contributed by atoms with E-state index < -0.39 is 0 Å². The minimum Gasteiger partial charge on any atom is -0.373 e. The summed E-state index contributed by atoms with van der Waals surface area (Å²) in [6, 6.07) is 5.60. The number of aromatic nitrogens is 2. The van der Waals surface area contributed by atoms with Gasteiger partial charge in [0, 0.05) is 36.7 Å². The first kappa shape index (κ1) is 20.5. The summed E-state index contributed by atoms with van der Waals surface area (Å²) < 4.78 is 8.06. The molecule has 2 aromatic rings. The summed E-state index contributed by atoms with van der Waals surface area (Å²) in [5, 5.41) is 0.518. The van der Waals surface area contributed by atoms with Crippen molar-refractivity contribution >= 4 is 32.7 Å². The third-order valence-corrected chi connectivity index (χ3v) is 6.25. The maximum absolute atomic E-state index is 13.0. The van der Waals surface area contributed by atoms with E-state index in [0.29, 0.717) is 10.9 Å². The molecule has 2 aliphatic rings. The van der Waals surface area contributed by atoms with Crippen molar-refractivity contribution < 1.29 is 9.53 Å². The molecule has 0 N–H and O–H groups in total. The fraction of sp³-hybridized carbons (Fsp3) is 0.571. The van der Waals surface area contributed by atoms with Crippen molar-refractivity contribution in [2.45, 2.75) is 51.5 Å². The number of fused-ring (bicyclic) bond motifs is 1. The van der Waals surface area contributed by atoms with Crippen LogP contribution in [0.2, 0.25) is 0 Å². The van der Waals surface area contributed by atoms with Crippen LogP contribution in [0, 0.1) is 0 Å². The van der Waals surface area contributed by atoms with Gasteiger partial charge in [-0.15, -0.1) is 0 Å². The van der Waals surface area contributed by atoms with E-state index in [4.69, 9.17) is 4.74 Å². The zero-order valence-corrected chi connectivity index (χ0v) is 18.5. The third kappa shape index (κ3) is 4.54. The van der Waals surface area contributed by atoms with Crippen LogP contribution < -0.4 is 5.56 Å². The van der Waals surface area contributed by atoms with E-state index >= 15 is 0 Å². The first-order valence-corrected chi connectivity index (χ1v) is 11.0. The van der Waals surface area contributed by atoms with Gasteiger partial charge in [0.05, 0.1) is 29.4 Å². The first-order chi connectivity index (χ1) is 13.9. The molecule has 0 radical (unpaired) electrons. The highest BCUT2D eigenvalue weighted by Gasteiger charge is 2.32. The maximum atomic E-state index is 13.0. The fourth-order valence-electron chi connectivity index (χ4n) is 4.57. The van der Waals surface area contributed by atoms with Crippen molar-refractivity contribution in [2.75, 3.05) is 26.2 Å². The van der Waals surface area contributed by atoms with E-state index in [1.54, 1.807) is 12.1 Å². The number of morpholine rings is 1. The molecule has 29 heavy (non-hydrogen) atoms. The van der Waals surface area contributed by atoms with Gasteiger partial charge in [-0.25, -0.2) is 4.98 Å². The van der Waals surface area contributed by atoms with Gasteiger partial charge in [-0.05, 0) is 44.9 Å². The molecule has 2 aliphatic heterocycles. The maximum Gasteiger partial charge on any atom is 0.261 e. The minimum absolute atomic E-state index is 0.0138. The van der Waals surface area contributed by atoms with Crippen LogP contribution in [0.3, 0.4) is 0 Å². The molecule has 156 valence electrons. The van der Waals surface area contributed by atoms with Gasteiger partial charge in [0.1, 0.15) is 6.54 Å². The van der Waals surface area contributed by atoms with Gasteiger partial charge in [-0.3, -0.25) is 19.1 Å². The standard InChI is InChI=1S/C21H27BrN4O3/c1-14-9-24(10-15(2)29-14)11-17-4-3-7-26(17)20(27)12-25-13-23-19-6-5-16(22)8-18(19)21(25)28/h5-6,8,13-15,17H,3-4,7,9-12H2,1-2H3. The Labute approximate surface area is 178 Å². The fourth-order valence-corrected chi connectivity index (χ4v) is 4.93. The number of hydrogen-bond acceptors (Lipinski definition) is 5. The number of carbonyl (C=O) groups is 1. The summed E-state index contributed by atoms with van der Waals surface area (Å²) in [4.78, 5) is 34.5. The number of halogens is 1. The Morgan fingerprint density at radius 1 is 1.28 bits per heavy atom. The zero-order chi connectivity index (χ0) is 20.5. The molecule has 2 fully saturated rings. The van der Waals surface area contributed by atoms with E-state index in [0.717, 1.165) is 43.5 Å². The lowest BCUT2D eigenvalue weighted by molar-refractivity contribution is -0.133. The molecule has 3 heterocycles. The van der Waals surface area contributed by atoms with Gasteiger partial charge in [-0.2, -0.15) is 0 Å². The van der Waals surface area contributed by atoms with Gasteiger partial charge in [0.15, 0.2) is 0 Å². The average molecular weight is 463 g/mol. The summed E-state index contributed by atoms with van der Waals surface area (Å²) in [6.45, 7) is 7.62. The highest BCUT2D eigenvalue weighted by atomic mass is 79.9. The van der Waals surface area contributed by atoms with Crippen molar-refractivity contribution in [1.82, 2.24) is 19.4 Å². The van der Waals surface area contributed by atoms with E-state index in [2.05, 4.69) is 39.7 Å². The second kappa shape index (κ2) is 8.53. The van der Waals surface area contributed by atoms with E-state index in [1.807, 2.05) is 11.0 Å². The highest BCUT2D eigenvalue weighted by Crippen LogP contribution is 2.21. The Morgan fingerprint density at radius 2 is 2.03 bits per heavy atom. The SMILES string of the molecule is CC1CN(CC2CCCN2C(=O)Cn2cnc3ccc(Br)cc3c2=O)CC(C)O1. The lowest BCUT2D eigenvalue weighted by atomic mass is 10.1. The van der Waals surface area contributed by atoms with Crippen LogP contribution in [-0.2, 0) is 16.1 Å². The number of hydrogen-bond donors (Lipinski definition) is 0. The molecule has 4 rings (SSSR count). The van der Waals surface area contributed by atoms with Crippen molar-refractivity contribution in [1.29, 1.82) is 0 Å². The van der Waals surface area contributed by atoms with E-state index in [1.165, 1.54) is 10.9 Å². The molecule has 0 spiro atoms. The summed E-state index contributed by atoms with van der Waals surface area (Å²) in [5.41, 5.74) is 0.452. The highest BCUT2D eigenvalue weighted by molar-refractivity contribution is 9.10. The van der Waals surface area contributed by atoms with E-state index in [-0.39, 0.29) is 36.3 Å². The Hall–Kier alpha value is -1.77. The molecular weight excluding hydrogens is 436 g/mol. The molecule has 2 saturated heterocycles. The van der Waals surface area contributed by atoms with Crippen LogP contribution in [0.4, 0.5) is 0 Å². The van der Waals surface area contributed by atoms with Gasteiger partial charge in [0.2, 0.25) is 5.91 Å². The predicted molar refractivity (Wildman–Crippen MR) is 115 cm³/mol. The van der Waals surface area contributed by atoms with Gasteiger partial charge in [-0.1, -0.05) is 15.9 Å². The predicted octanol–water partition coefficient (Wildman–Crippen LogP) is 2.26. The number of likely N-dealkylation sites (tertiary alicyclic amines) is 1. The van der Waals surface area contributed by atoms with Crippen LogP contribution in [0.5, 0.6) is 0 Å². The molecule has 0 bridgehead atoms. The molecule has 1 amide bonds. The lowest BCUT2D eigenvalue weighted by Gasteiger charge is -2.38. The number of ether oxygens (including phenoxy) is 1. The van der Waals surface area contributed by atoms with Gasteiger partial charge in [0.25, 0.3) is 5.56 Å². The quantitative estimate of drug-likeness (QED) is 0.696. The molecule has 1 aromatic carbocycles. The van der Waals surface area contributed by atoms with Crippen molar-refractivity contribution in [3.05, 3.63) is 39.4 Å². The van der Waals surface area contributed by atoms with Crippen LogP contribution >= 0.6 is 15.9 Å². The van der Waals surface area contributed by atoms with Crippen molar-refractivity contribution in [3.63, 3.8) is 0 Å². The Bertz CT molecular complexity index is 953. The van der Waals surface area contributed by atoms with Crippen LogP contribution in [-0.4, -0.2) is 69.7 Å².